The molecule has 0 aromatic heterocycles. The van der Waals surface area contributed by atoms with Crippen molar-refractivity contribution in [2.45, 2.75) is 55.6 Å². The van der Waals surface area contributed by atoms with Gasteiger partial charge in [0.15, 0.2) is 0 Å². The molecule has 2 N–H and O–H groups in total. The van der Waals surface area contributed by atoms with Crippen LogP contribution in [0.1, 0.15) is 44.7 Å². The van der Waals surface area contributed by atoms with E-state index in [0.29, 0.717) is 0 Å². The molecular formula is C23H27F3N2O4S. The van der Waals surface area contributed by atoms with Crippen LogP contribution in [0.4, 0.5) is 18.9 Å². The van der Waals surface area contributed by atoms with Crippen molar-refractivity contribution in [3.05, 3.63) is 59.7 Å². The van der Waals surface area contributed by atoms with Crippen LogP contribution in [-0.4, -0.2) is 33.1 Å². The summed E-state index contributed by atoms with van der Waals surface area (Å²) in [7, 11) is -3.84. The van der Waals surface area contributed by atoms with Crippen LogP contribution in [0.2, 0.25) is 0 Å². The van der Waals surface area contributed by atoms with Crippen molar-refractivity contribution in [2.24, 2.45) is 0 Å². The number of amides is 1. The fourth-order valence-electron chi connectivity index (χ4n) is 3.81. The number of nitrogens with one attached hydrogen (secondary N) is 2. The number of alkyl halides is 3. The summed E-state index contributed by atoms with van der Waals surface area (Å²) in [6.07, 6.45) is -4.14. The standard InChI is InChI=1S/C23H27F3N2O4S/c1-21(2,3)28-33(30,31)19-9-5-8-18(15-19)27-20(29)22(10-12-32-13-11-22)16-6-4-7-17(14-16)23(24,25)26/h4-9,14-15,28H,10-13H2,1-3H3,(H,27,29). The second-order valence-corrected chi connectivity index (χ2v) is 10.8. The first-order chi connectivity index (χ1) is 15.2. The molecule has 0 aliphatic carbocycles. The van der Waals surface area contributed by atoms with Gasteiger partial charge in [0.25, 0.3) is 0 Å². The summed E-state index contributed by atoms with van der Waals surface area (Å²) in [5, 5.41) is 2.72. The van der Waals surface area contributed by atoms with Crippen molar-refractivity contribution in [3.8, 4) is 0 Å². The number of ether oxygens (including phenoxy) is 1. The molecule has 1 fully saturated rings. The number of halogens is 3. The van der Waals surface area contributed by atoms with E-state index in [1.165, 1.54) is 36.4 Å². The maximum absolute atomic E-state index is 13.4. The molecule has 1 heterocycles. The van der Waals surface area contributed by atoms with Gasteiger partial charge in [-0.3, -0.25) is 4.79 Å². The van der Waals surface area contributed by atoms with E-state index in [0.717, 1.165) is 12.1 Å². The molecule has 0 radical (unpaired) electrons. The van der Waals surface area contributed by atoms with Crippen molar-refractivity contribution >= 4 is 21.6 Å². The van der Waals surface area contributed by atoms with E-state index in [-0.39, 0.29) is 42.2 Å². The number of hydrogen-bond donors (Lipinski definition) is 2. The molecule has 0 atom stereocenters. The van der Waals surface area contributed by atoms with Crippen molar-refractivity contribution in [1.29, 1.82) is 0 Å². The SMILES string of the molecule is CC(C)(C)NS(=O)(=O)c1cccc(NC(=O)C2(c3cccc(C(F)(F)F)c3)CCOCC2)c1. The first-order valence-corrected chi connectivity index (χ1v) is 11.9. The Morgan fingerprint density at radius 2 is 1.64 bits per heavy atom. The van der Waals surface area contributed by atoms with Gasteiger partial charge in [-0.2, -0.15) is 13.2 Å². The van der Waals surface area contributed by atoms with E-state index in [1.54, 1.807) is 20.8 Å². The number of carbonyl (C=O) groups excluding carboxylic acids is 1. The second-order valence-electron chi connectivity index (χ2n) is 9.11. The summed E-state index contributed by atoms with van der Waals surface area (Å²) in [4.78, 5) is 13.4. The van der Waals surface area contributed by atoms with Gasteiger partial charge in [0.05, 0.1) is 15.9 Å². The molecule has 2 aromatic carbocycles. The third kappa shape index (κ3) is 5.93. The molecule has 0 saturated carbocycles. The lowest BCUT2D eigenvalue weighted by Gasteiger charge is -2.36. The molecule has 2 aromatic rings. The Balaban J connectivity index is 1.94. The number of benzene rings is 2. The van der Waals surface area contributed by atoms with Crippen LogP contribution in [0.15, 0.2) is 53.4 Å². The highest BCUT2D eigenvalue weighted by molar-refractivity contribution is 7.89. The van der Waals surface area contributed by atoms with Crippen molar-refractivity contribution in [3.63, 3.8) is 0 Å². The Hall–Kier alpha value is -2.43. The third-order valence-electron chi connectivity index (χ3n) is 5.37. The summed E-state index contributed by atoms with van der Waals surface area (Å²) in [6, 6.07) is 10.5. The molecule has 10 heteroatoms. The Labute approximate surface area is 191 Å². The van der Waals surface area contributed by atoms with Crippen LogP contribution in [-0.2, 0) is 31.1 Å². The molecule has 6 nitrogen and oxygen atoms in total. The molecule has 0 unspecified atom stereocenters. The third-order valence-corrected chi connectivity index (χ3v) is 7.12. The largest absolute Gasteiger partial charge is 0.416 e. The number of carbonyl (C=O) groups is 1. The second kappa shape index (κ2) is 9.08. The van der Waals surface area contributed by atoms with Gasteiger partial charge in [-0.25, -0.2) is 13.1 Å². The van der Waals surface area contributed by atoms with E-state index in [9.17, 15) is 26.4 Å². The number of sulfonamides is 1. The van der Waals surface area contributed by atoms with Gasteiger partial charge in [-0.15, -0.1) is 0 Å². The quantitative estimate of drug-likeness (QED) is 0.656. The zero-order valence-electron chi connectivity index (χ0n) is 18.6. The highest BCUT2D eigenvalue weighted by Gasteiger charge is 2.43. The van der Waals surface area contributed by atoms with Crippen molar-refractivity contribution < 1.29 is 31.1 Å². The molecule has 1 aliphatic heterocycles. The Bertz CT molecular complexity index is 1120. The predicted octanol–water partition coefficient (Wildman–Crippen LogP) is 4.47. The average Bonchev–Trinajstić information content (AvgIpc) is 2.72. The first kappa shape index (κ1) is 25.2. The zero-order chi connectivity index (χ0) is 24.5. The van der Waals surface area contributed by atoms with Crippen molar-refractivity contribution in [2.75, 3.05) is 18.5 Å². The van der Waals surface area contributed by atoms with Gasteiger partial charge in [0.1, 0.15) is 0 Å². The predicted molar refractivity (Wildman–Crippen MR) is 118 cm³/mol. The number of rotatable bonds is 5. The van der Waals surface area contributed by atoms with E-state index >= 15 is 0 Å². The first-order valence-electron chi connectivity index (χ1n) is 10.4. The minimum absolute atomic E-state index is 0.0321. The lowest BCUT2D eigenvalue weighted by molar-refractivity contribution is -0.138. The van der Waals surface area contributed by atoms with Gasteiger partial charge in [0.2, 0.25) is 15.9 Å². The van der Waals surface area contributed by atoms with E-state index in [4.69, 9.17) is 4.74 Å². The van der Waals surface area contributed by atoms with Crippen LogP contribution in [0.25, 0.3) is 0 Å². The fraction of sp³-hybridized carbons (Fsp3) is 0.435. The Morgan fingerprint density at radius 1 is 1.00 bits per heavy atom. The summed E-state index contributed by atoms with van der Waals surface area (Å²) in [5.74, 6) is -0.511. The molecule has 0 spiro atoms. The fourth-order valence-corrected chi connectivity index (χ4v) is 5.28. The smallest absolute Gasteiger partial charge is 0.381 e. The average molecular weight is 485 g/mol. The van der Waals surface area contributed by atoms with E-state index in [2.05, 4.69) is 10.0 Å². The minimum Gasteiger partial charge on any atom is -0.381 e. The lowest BCUT2D eigenvalue weighted by Crippen LogP contribution is -2.45. The summed E-state index contributed by atoms with van der Waals surface area (Å²) in [5.41, 5.74) is -2.29. The van der Waals surface area contributed by atoms with Crippen LogP contribution >= 0.6 is 0 Å². The zero-order valence-corrected chi connectivity index (χ0v) is 19.4. The van der Waals surface area contributed by atoms with Gasteiger partial charge < -0.3 is 10.1 Å². The molecule has 33 heavy (non-hydrogen) atoms. The normalized spacial score (nSPS) is 16.9. The van der Waals surface area contributed by atoms with Gasteiger partial charge >= 0.3 is 6.18 Å². The highest BCUT2D eigenvalue weighted by atomic mass is 32.2. The van der Waals surface area contributed by atoms with Crippen LogP contribution in [0, 0.1) is 0 Å². The Morgan fingerprint density at radius 3 is 2.24 bits per heavy atom. The topological polar surface area (TPSA) is 84.5 Å². The summed E-state index contributed by atoms with van der Waals surface area (Å²) in [6.45, 7) is 5.56. The molecule has 1 amide bonds. The minimum atomic E-state index is -4.54. The molecule has 3 rings (SSSR count). The molecular weight excluding hydrogens is 457 g/mol. The number of anilines is 1. The number of hydrogen-bond acceptors (Lipinski definition) is 4. The molecule has 1 aliphatic rings. The monoisotopic (exact) mass is 484 g/mol. The van der Waals surface area contributed by atoms with Crippen LogP contribution < -0.4 is 10.0 Å². The highest BCUT2D eigenvalue weighted by Crippen LogP contribution is 2.39. The summed E-state index contributed by atoms with van der Waals surface area (Å²) >= 11 is 0. The molecule has 180 valence electrons. The van der Waals surface area contributed by atoms with Gasteiger partial charge in [0, 0.05) is 24.4 Å². The van der Waals surface area contributed by atoms with Crippen molar-refractivity contribution in [1.82, 2.24) is 4.72 Å². The maximum atomic E-state index is 13.4. The molecule has 0 bridgehead atoms. The molecule has 1 saturated heterocycles. The lowest BCUT2D eigenvalue weighted by atomic mass is 9.73. The van der Waals surface area contributed by atoms with E-state index < -0.39 is 38.6 Å². The Kier molecular flexibility index (Phi) is 6.93. The van der Waals surface area contributed by atoms with Gasteiger partial charge in [-0.05, 0) is 63.4 Å². The summed E-state index contributed by atoms with van der Waals surface area (Å²) < 4.78 is 73.1. The van der Waals surface area contributed by atoms with Crippen LogP contribution in [0.5, 0.6) is 0 Å². The van der Waals surface area contributed by atoms with Gasteiger partial charge in [-0.1, -0.05) is 24.3 Å². The van der Waals surface area contributed by atoms with E-state index in [1.807, 2.05) is 0 Å². The van der Waals surface area contributed by atoms with Crippen LogP contribution in [0.3, 0.4) is 0 Å². The maximum Gasteiger partial charge on any atom is 0.416 e.